The maximum Gasteiger partial charge on any atom is 0.191 e. The van der Waals surface area contributed by atoms with Gasteiger partial charge in [0.15, 0.2) is 5.96 Å². The minimum atomic E-state index is -0.809. The first kappa shape index (κ1) is 20.5. The fourth-order valence-electron chi connectivity index (χ4n) is 1.13. The molecule has 0 saturated carbocycles. The molecule has 0 amide bonds. The summed E-state index contributed by atoms with van der Waals surface area (Å²) < 4.78 is 11.7. The van der Waals surface area contributed by atoms with E-state index in [9.17, 15) is 4.21 Å². The molecule has 4 nitrogen and oxygen atoms in total. The second-order valence-electron chi connectivity index (χ2n) is 4.85. The Morgan fingerprint density at radius 1 is 1.22 bits per heavy atom. The molecule has 0 bridgehead atoms. The molecule has 0 aliphatic carbocycles. The van der Waals surface area contributed by atoms with Gasteiger partial charge in [0.25, 0.3) is 0 Å². The van der Waals surface area contributed by atoms with E-state index in [-0.39, 0.29) is 28.7 Å². The fraction of sp³-hybridized carbons (Fsp3) is 0.917. The first-order chi connectivity index (χ1) is 7.91. The standard InChI is InChI=1S/C12H27N3OS.HI/c1-6-8-14-11(13-7-2)15-9-10-17(16)12(3,4)5;/h6-10H2,1-5H3,(H2,13,14,15);1H. The maximum atomic E-state index is 11.8. The van der Waals surface area contributed by atoms with Crippen molar-refractivity contribution in [3.05, 3.63) is 0 Å². The molecule has 0 saturated heterocycles. The maximum absolute atomic E-state index is 11.8. The summed E-state index contributed by atoms with van der Waals surface area (Å²) in [5, 5.41) is 6.37. The summed E-state index contributed by atoms with van der Waals surface area (Å²) in [5.41, 5.74) is 0. The van der Waals surface area contributed by atoms with Crippen molar-refractivity contribution >= 4 is 40.7 Å². The van der Waals surface area contributed by atoms with Gasteiger partial charge in [-0.3, -0.25) is 9.20 Å². The van der Waals surface area contributed by atoms with Crippen LogP contribution in [0.25, 0.3) is 0 Å². The van der Waals surface area contributed by atoms with Crippen LogP contribution in [0.2, 0.25) is 0 Å². The van der Waals surface area contributed by atoms with E-state index < -0.39 is 10.8 Å². The molecule has 0 aromatic heterocycles. The smallest absolute Gasteiger partial charge is 0.191 e. The van der Waals surface area contributed by atoms with Crippen molar-refractivity contribution in [3.63, 3.8) is 0 Å². The van der Waals surface area contributed by atoms with Crippen LogP contribution in [0.15, 0.2) is 4.99 Å². The molecule has 2 N–H and O–H groups in total. The van der Waals surface area contributed by atoms with Crippen LogP contribution in [0.4, 0.5) is 0 Å². The van der Waals surface area contributed by atoms with Gasteiger partial charge in [0.2, 0.25) is 0 Å². The number of nitrogens with zero attached hydrogens (tertiary/aromatic N) is 1. The van der Waals surface area contributed by atoms with E-state index in [4.69, 9.17) is 0 Å². The van der Waals surface area contributed by atoms with Crippen LogP contribution >= 0.6 is 24.0 Å². The van der Waals surface area contributed by atoms with Gasteiger partial charge in [0.1, 0.15) is 0 Å². The van der Waals surface area contributed by atoms with Gasteiger partial charge >= 0.3 is 0 Å². The van der Waals surface area contributed by atoms with Crippen molar-refractivity contribution in [2.24, 2.45) is 4.99 Å². The van der Waals surface area contributed by atoms with Crippen LogP contribution in [-0.4, -0.2) is 40.3 Å². The number of aliphatic imine (C=N–C) groups is 1. The van der Waals surface area contributed by atoms with Crippen molar-refractivity contribution in [1.29, 1.82) is 0 Å². The van der Waals surface area contributed by atoms with Crippen molar-refractivity contribution in [2.75, 3.05) is 25.4 Å². The van der Waals surface area contributed by atoms with Gasteiger partial charge in [-0.1, -0.05) is 6.92 Å². The van der Waals surface area contributed by atoms with E-state index in [1.54, 1.807) is 0 Å². The van der Waals surface area contributed by atoms with Gasteiger partial charge in [-0.2, -0.15) is 0 Å². The van der Waals surface area contributed by atoms with Gasteiger partial charge in [-0.15, -0.1) is 24.0 Å². The Hall–Kier alpha value is 0.150. The van der Waals surface area contributed by atoms with Crippen molar-refractivity contribution < 1.29 is 4.21 Å². The summed E-state index contributed by atoms with van der Waals surface area (Å²) in [6.07, 6.45) is 1.03. The van der Waals surface area contributed by atoms with Crippen LogP contribution in [0.3, 0.4) is 0 Å². The molecular formula is C12H28IN3OS. The summed E-state index contributed by atoms with van der Waals surface area (Å²) in [7, 11) is -0.809. The highest BCUT2D eigenvalue weighted by molar-refractivity contribution is 14.0. The third-order valence-corrected chi connectivity index (χ3v) is 4.04. The number of nitrogens with one attached hydrogen (secondary N) is 2. The molecular weight excluding hydrogens is 361 g/mol. The van der Waals surface area contributed by atoms with E-state index in [0.29, 0.717) is 12.3 Å². The lowest BCUT2D eigenvalue weighted by Crippen LogP contribution is -2.40. The minimum Gasteiger partial charge on any atom is -0.357 e. The van der Waals surface area contributed by atoms with Gasteiger partial charge in [-0.25, -0.2) is 0 Å². The molecule has 6 heteroatoms. The van der Waals surface area contributed by atoms with E-state index in [2.05, 4.69) is 22.5 Å². The minimum absolute atomic E-state index is 0. The predicted octanol–water partition coefficient (Wildman–Crippen LogP) is 2.12. The molecule has 0 spiro atoms. The molecule has 1 atom stereocenters. The van der Waals surface area contributed by atoms with Crippen LogP contribution in [-0.2, 0) is 10.8 Å². The lowest BCUT2D eigenvalue weighted by atomic mass is 10.3. The van der Waals surface area contributed by atoms with Crippen LogP contribution < -0.4 is 10.6 Å². The summed E-state index contributed by atoms with van der Waals surface area (Å²) in [6.45, 7) is 12.5. The van der Waals surface area contributed by atoms with Crippen molar-refractivity contribution in [1.82, 2.24) is 10.6 Å². The van der Waals surface area contributed by atoms with Gasteiger partial charge in [-0.05, 0) is 34.1 Å². The first-order valence-corrected chi connectivity index (χ1v) is 7.64. The molecule has 1 unspecified atom stereocenters. The van der Waals surface area contributed by atoms with Gasteiger partial charge < -0.3 is 10.6 Å². The molecule has 0 radical (unpaired) electrons. The van der Waals surface area contributed by atoms with Crippen LogP contribution in [0.5, 0.6) is 0 Å². The third kappa shape index (κ3) is 10.1. The number of halogens is 1. The molecule has 0 aliphatic rings. The molecule has 0 heterocycles. The lowest BCUT2D eigenvalue weighted by molar-refractivity contribution is 0.647. The Labute approximate surface area is 131 Å². The zero-order chi connectivity index (χ0) is 13.3. The zero-order valence-corrected chi connectivity index (χ0v) is 15.4. The Morgan fingerprint density at radius 2 is 1.83 bits per heavy atom. The molecule has 0 fully saturated rings. The quantitative estimate of drug-likeness (QED) is 0.416. The molecule has 0 aliphatic heterocycles. The van der Waals surface area contributed by atoms with Gasteiger partial charge in [0, 0.05) is 40.9 Å². The van der Waals surface area contributed by atoms with Gasteiger partial charge in [0.05, 0.1) is 0 Å². The number of rotatable bonds is 6. The molecule has 0 aromatic carbocycles. The average Bonchev–Trinajstić information content (AvgIpc) is 2.24. The third-order valence-electron chi connectivity index (χ3n) is 2.10. The second-order valence-corrected chi connectivity index (χ2v) is 7.17. The Bertz CT molecular complexity index is 265. The van der Waals surface area contributed by atoms with Crippen molar-refractivity contribution in [2.45, 2.75) is 45.8 Å². The summed E-state index contributed by atoms with van der Waals surface area (Å²) in [4.78, 5) is 4.39. The van der Waals surface area contributed by atoms with E-state index >= 15 is 0 Å². The summed E-state index contributed by atoms with van der Waals surface area (Å²) >= 11 is 0. The highest BCUT2D eigenvalue weighted by Gasteiger charge is 2.18. The van der Waals surface area contributed by atoms with Crippen LogP contribution in [0.1, 0.15) is 41.0 Å². The fourth-order valence-corrected chi connectivity index (χ4v) is 2.03. The molecule has 0 rings (SSSR count). The topological polar surface area (TPSA) is 53.5 Å². The monoisotopic (exact) mass is 389 g/mol. The largest absolute Gasteiger partial charge is 0.357 e. The summed E-state index contributed by atoms with van der Waals surface area (Å²) in [6, 6.07) is 0. The number of guanidine groups is 1. The Morgan fingerprint density at radius 3 is 2.28 bits per heavy atom. The highest BCUT2D eigenvalue weighted by atomic mass is 127. The molecule has 0 aromatic rings. The average molecular weight is 389 g/mol. The molecule has 18 heavy (non-hydrogen) atoms. The normalized spacial score (nSPS) is 13.7. The van der Waals surface area contributed by atoms with Crippen molar-refractivity contribution in [3.8, 4) is 0 Å². The lowest BCUT2D eigenvalue weighted by Gasteiger charge is -2.18. The second kappa shape index (κ2) is 11.0. The van der Waals surface area contributed by atoms with Crippen LogP contribution in [0, 0.1) is 0 Å². The number of hydrogen-bond donors (Lipinski definition) is 2. The molecule has 110 valence electrons. The Kier molecular flexibility index (Phi) is 12.5. The van der Waals surface area contributed by atoms with E-state index in [1.807, 2.05) is 27.7 Å². The summed E-state index contributed by atoms with van der Waals surface area (Å²) in [5.74, 6) is 1.47. The number of hydrogen-bond acceptors (Lipinski definition) is 2. The predicted molar refractivity (Wildman–Crippen MR) is 92.4 cm³/mol. The van der Waals surface area contributed by atoms with E-state index in [1.165, 1.54) is 0 Å². The van der Waals surface area contributed by atoms with E-state index in [0.717, 1.165) is 25.5 Å². The zero-order valence-electron chi connectivity index (χ0n) is 12.2. The highest BCUT2D eigenvalue weighted by Crippen LogP contribution is 2.10. The Balaban J connectivity index is 0. The SMILES string of the molecule is CCCN=C(NCC)NCCS(=O)C(C)(C)C.I. The first-order valence-electron chi connectivity index (χ1n) is 6.32.